The first-order chi connectivity index (χ1) is 16.0. The number of rotatable bonds is 7. The van der Waals surface area contributed by atoms with E-state index in [9.17, 15) is 0 Å². The second-order valence-corrected chi connectivity index (χ2v) is 9.28. The van der Waals surface area contributed by atoms with E-state index in [0.717, 1.165) is 18.7 Å². The summed E-state index contributed by atoms with van der Waals surface area (Å²) in [7, 11) is 4.12. The van der Waals surface area contributed by atoms with Crippen molar-refractivity contribution >= 4 is 17.5 Å². The summed E-state index contributed by atoms with van der Waals surface area (Å²) in [4.78, 5) is 4.56. The molecule has 3 aromatic rings. The minimum atomic E-state index is -0.531. The van der Waals surface area contributed by atoms with Crippen molar-refractivity contribution in [1.82, 2.24) is 0 Å². The molecule has 0 bridgehead atoms. The Hall–Kier alpha value is -3.24. The Labute approximate surface area is 197 Å². The Kier molecular flexibility index (Phi) is 5.63. The van der Waals surface area contributed by atoms with Crippen LogP contribution < -0.4 is 14.5 Å². The Bertz CT molecular complexity index is 1130. The van der Waals surface area contributed by atoms with Gasteiger partial charge in [0.25, 0.3) is 0 Å². The van der Waals surface area contributed by atoms with Crippen LogP contribution in [0.5, 0.6) is 5.75 Å². The zero-order valence-electron chi connectivity index (χ0n) is 19.7. The topological polar surface area (TPSA) is 24.9 Å². The van der Waals surface area contributed by atoms with Crippen molar-refractivity contribution in [2.45, 2.75) is 24.5 Å². The van der Waals surface area contributed by atoms with E-state index in [-0.39, 0.29) is 5.41 Å². The number of para-hydroxylation sites is 2. The lowest BCUT2D eigenvalue weighted by Gasteiger charge is -2.42. The van der Waals surface area contributed by atoms with Crippen LogP contribution in [0.25, 0.3) is 6.08 Å². The van der Waals surface area contributed by atoms with Crippen LogP contribution in [0.2, 0.25) is 0 Å². The molecule has 4 heteroatoms. The Balaban J connectivity index is 1.47. The van der Waals surface area contributed by atoms with Gasteiger partial charge in [-0.2, -0.15) is 0 Å². The highest BCUT2D eigenvalue weighted by Crippen LogP contribution is 2.56. The fourth-order valence-corrected chi connectivity index (χ4v) is 5.28. The van der Waals surface area contributed by atoms with Crippen LogP contribution in [0, 0.1) is 0 Å². The van der Waals surface area contributed by atoms with Gasteiger partial charge < -0.3 is 19.3 Å². The van der Waals surface area contributed by atoms with Crippen molar-refractivity contribution in [2.75, 3.05) is 43.7 Å². The molecule has 3 aromatic carbocycles. The van der Waals surface area contributed by atoms with E-state index in [4.69, 9.17) is 9.47 Å². The van der Waals surface area contributed by atoms with Crippen LogP contribution in [-0.4, -0.2) is 39.6 Å². The molecule has 170 valence electrons. The van der Waals surface area contributed by atoms with Gasteiger partial charge >= 0.3 is 0 Å². The van der Waals surface area contributed by atoms with Crippen molar-refractivity contribution in [3.63, 3.8) is 0 Å². The van der Waals surface area contributed by atoms with Crippen molar-refractivity contribution in [1.29, 1.82) is 0 Å². The first-order valence-electron chi connectivity index (χ1n) is 11.7. The summed E-state index contributed by atoms with van der Waals surface area (Å²) in [5, 5.41) is 0. The molecule has 0 aromatic heterocycles. The van der Waals surface area contributed by atoms with Crippen LogP contribution in [0.1, 0.15) is 24.5 Å². The highest BCUT2D eigenvalue weighted by atomic mass is 16.5. The molecule has 0 N–H and O–H groups in total. The molecule has 2 aliphatic heterocycles. The maximum atomic E-state index is 6.62. The summed E-state index contributed by atoms with van der Waals surface area (Å²) in [6.07, 6.45) is 5.33. The fraction of sp³-hybridized carbons (Fsp3) is 0.310. The molecule has 0 saturated carbocycles. The molecule has 0 aliphatic carbocycles. The van der Waals surface area contributed by atoms with Crippen molar-refractivity contribution in [3.8, 4) is 5.75 Å². The third-order valence-electron chi connectivity index (χ3n) is 7.14. The van der Waals surface area contributed by atoms with E-state index in [1.165, 1.54) is 22.5 Å². The van der Waals surface area contributed by atoms with Gasteiger partial charge in [-0.25, -0.2) is 0 Å². The minimum absolute atomic E-state index is 0.241. The fourth-order valence-electron chi connectivity index (χ4n) is 5.28. The maximum absolute atomic E-state index is 6.62. The van der Waals surface area contributed by atoms with Gasteiger partial charge in [-0.15, -0.1) is 0 Å². The highest BCUT2D eigenvalue weighted by molar-refractivity contribution is 5.70. The molecule has 5 rings (SSSR count). The van der Waals surface area contributed by atoms with Gasteiger partial charge in [0.05, 0.1) is 13.2 Å². The average molecular weight is 441 g/mol. The summed E-state index contributed by atoms with van der Waals surface area (Å²) in [5.41, 5.74) is 4.19. The summed E-state index contributed by atoms with van der Waals surface area (Å²) in [5.74, 6) is 0.905. The SMILES string of the molecule is CN(C)c1ccc(/C=C/C23OCCN2c2ccccc2C3(C)CCOc2ccccc2)cc1. The predicted octanol–water partition coefficient (Wildman–Crippen LogP) is 5.74. The molecular formula is C29H32N2O2. The van der Waals surface area contributed by atoms with Gasteiger partial charge in [-0.05, 0) is 54.0 Å². The zero-order valence-corrected chi connectivity index (χ0v) is 19.7. The molecular weight excluding hydrogens is 408 g/mol. The van der Waals surface area contributed by atoms with Gasteiger partial charge in [0.1, 0.15) is 5.75 Å². The molecule has 2 atom stereocenters. The van der Waals surface area contributed by atoms with E-state index in [2.05, 4.69) is 91.5 Å². The lowest BCUT2D eigenvalue weighted by atomic mass is 9.73. The zero-order chi connectivity index (χ0) is 22.9. The van der Waals surface area contributed by atoms with E-state index in [0.29, 0.717) is 13.2 Å². The molecule has 2 unspecified atom stereocenters. The standard InChI is InChI=1S/C29H32N2O2/c1-28(19-21-32-25-9-5-4-6-10-25)26-11-7-8-12-27(26)31-20-22-33-29(28,31)18-17-23-13-15-24(16-14-23)30(2)3/h4-18H,19-22H2,1-3H3/b18-17+. The second kappa shape index (κ2) is 8.60. The third-order valence-corrected chi connectivity index (χ3v) is 7.14. The second-order valence-electron chi connectivity index (χ2n) is 9.28. The quantitative estimate of drug-likeness (QED) is 0.468. The van der Waals surface area contributed by atoms with Crippen molar-refractivity contribution < 1.29 is 9.47 Å². The van der Waals surface area contributed by atoms with Crippen LogP contribution in [0.3, 0.4) is 0 Å². The molecule has 0 amide bonds. The summed E-state index contributed by atoms with van der Waals surface area (Å²) >= 11 is 0. The van der Waals surface area contributed by atoms with Gasteiger partial charge in [-0.1, -0.05) is 61.5 Å². The normalized spacial score (nSPS) is 23.5. The van der Waals surface area contributed by atoms with Crippen LogP contribution >= 0.6 is 0 Å². The lowest BCUT2D eigenvalue weighted by Crippen LogP contribution is -2.53. The number of hydrogen-bond donors (Lipinski definition) is 0. The first-order valence-corrected chi connectivity index (χ1v) is 11.7. The highest BCUT2D eigenvalue weighted by Gasteiger charge is 2.61. The molecule has 4 nitrogen and oxygen atoms in total. The minimum Gasteiger partial charge on any atom is -0.494 e. The van der Waals surface area contributed by atoms with Gasteiger partial charge in [0.15, 0.2) is 5.72 Å². The molecule has 0 spiro atoms. The monoisotopic (exact) mass is 440 g/mol. The number of ether oxygens (including phenoxy) is 2. The summed E-state index contributed by atoms with van der Waals surface area (Å²) in [6.45, 7) is 4.55. The van der Waals surface area contributed by atoms with Gasteiger partial charge in [0.2, 0.25) is 0 Å². The molecule has 0 radical (unpaired) electrons. The van der Waals surface area contributed by atoms with Gasteiger partial charge in [0, 0.05) is 37.4 Å². The molecule has 1 fully saturated rings. The number of benzene rings is 3. The summed E-state index contributed by atoms with van der Waals surface area (Å²) in [6, 6.07) is 27.4. The van der Waals surface area contributed by atoms with Crippen LogP contribution in [-0.2, 0) is 10.2 Å². The third kappa shape index (κ3) is 3.68. The molecule has 1 saturated heterocycles. The predicted molar refractivity (Wildman–Crippen MR) is 136 cm³/mol. The lowest BCUT2D eigenvalue weighted by molar-refractivity contribution is -0.0141. The van der Waals surface area contributed by atoms with E-state index in [1.807, 2.05) is 30.3 Å². The number of anilines is 2. The van der Waals surface area contributed by atoms with Crippen molar-refractivity contribution in [2.24, 2.45) is 0 Å². The number of fused-ring (bicyclic) bond motifs is 3. The smallest absolute Gasteiger partial charge is 0.170 e. The average Bonchev–Trinajstić information content (AvgIpc) is 3.36. The van der Waals surface area contributed by atoms with Crippen LogP contribution in [0.4, 0.5) is 11.4 Å². The number of hydrogen-bond acceptors (Lipinski definition) is 4. The Morgan fingerprint density at radius 2 is 1.70 bits per heavy atom. The molecule has 33 heavy (non-hydrogen) atoms. The Morgan fingerprint density at radius 3 is 2.45 bits per heavy atom. The van der Waals surface area contributed by atoms with Crippen LogP contribution in [0.15, 0.2) is 84.9 Å². The molecule has 2 heterocycles. The van der Waals surface area contributed by atoms with E-state index in [1.54, 1.807) is 0 Å². The maximum Gasteiger partial charge on any atom is 0.170 e. The molecule has 2 aliphatic rings. The van der Waals surface area contributed by atoms with Crippen molar-refractivity contribution in [3.05, 3.63) is 96.1 Å². The summed E-state index contributed by atoms with van der Waals surface area (Å²) < 4.78 is 12.8. The largest absolute Gasteiger partial charge is 0.494 e. The van der Waals surface area contributed by atoms with E-state index < -0.39 is 5.72 Å². The Morgan fingerprint density at radius 1 is 0.970 bits per heavy atom. The first kappa shape index (κ1) is 21.6. The van der Waals surface area contributed by atoms with E-state index >= 15 is 0 Å². The number of nitrogens with zero attached hydrogens (tertiary/aromatic N) is 2. The van der Waals surface area contributed by atoms with Gasteiger partial charge in [-0.3, -0.25) is 0 Å².